The van der Waals surface area contributed by atoms with Crippen LogP contribution in [-0.4, -0.2) is 45.2 Å². The van der Waals surface area contributed by atoms with Gasteiger partial charge in [-0.3, -0.25) is 4.79 Å². The number of fused-ring (bicyclic) bond motifs is 3. The number of rotatable bonds is 5. The molecule has 0 aliphatic carbocycles. The van der Waals surface area contributed by atoms with Gasteiger partial charge in [-0.15, -0.1) is 0 Å². The predicted octanol–water partition coefficient (Wildman–Crippen LogP) is 5.01. The quantitative estimate of drug-likeness (QED) is 0.633. The number of alkyl halides is 3. The summed E-state index contributed by atoms with van der Waals surface area (Å²) < 4.78 is 45.7. The molecule has 2 aliphatic rings. The van der Waals surface area contributed by atoms with Crippen LogP contribution in [0.15, 0.2) is 36.4 Å². The second kappa shape index (κ2) is 9.56. The predicted molar refractivity (Wildman–Crippen MR) is 128 cm³/mol. The number of methoxy groups -OCH3 is 1. The number of piperazine rings is 1. The second-order valence-corrected chi connectivity index (χ2v) is 9.75. The first kappa shape index (κ1) is 24.5. The van der Waals surface area contributed by atoms with Crippen molar-refractivity contribution < 1.29 is 22.7 Å². The van der Waals surface area contributed by atoms with Crippen LogP contribution in [0, 0.1) is 11.8 Å². The molecule has 9 heteroatoms. The lowest BCUT2D eigenvalue weighted by Gasteiger charge is -2.50. The molecule has 184 valence electrons. The maximum absolute atomic E-state index is 13.4. The van der Waals surface area contributed by atoms with Crippen molar-refractivity contribution in [3.05, 3.63) is 52.5 Å². The van der Waals surface area contributed by atoms with Crippen LogP contribution < -0.4 is 19.9 Å². The Morgan fingerprint density at radius 1 is 1.18 bits per heavy atom. The van der Waals surface area contributed by atoms with E-state index in [1.165, 1.54) is 6.07 Å². The van der Waals surface area contributed by atoms with Crippen LogP contribution in [0.5, 0.6) is 5.75 Å². The van der Waals surface area contributed by atoms with Gasteiger partial charge in [0.1, 0.15) is 5.75 Å². The van der Waals surface area contributed by atoms with Crippen molar-refractivity contribution in [1.82, 2.24) is 5.32 Å². The molecule has 2 aliphatic heterocycles. The number of hydrogen-bond donors (Lipinski definition) is 1. The van der Waals surface area contributed by atoms with Gasteiger partial charge in [0.05, 0.1) is 30.3 Å². The van der Waals surface area contributed by atoms with E-state index < -0.39 is 17.7 Å². The lowest BCUT2D eigenvalue weighted by molar-refractivity contribution is -0.137. The molecule has 2 aromatic carbocycles. The summed E-state index contributed by atoms with van der Waals surface area (Å²) >= 11 is 6.25. The molecule has 0 unspecified atom stereocenters. The number of nitrogens with zero attached hydrogens (tertiary/aromatic N) is 2. The zero-order valence-corrected chi connectivity index (χ0v) is 20.2. The molecule has 0 bridgehead atoms. The highest BCUT2D eigenvalue weighted by Crippen LogP contribution is 2.41. The normalized spacial score (nSPS) is 20.1. The third-order valence-electron chi connectivity index (χ3n) is 6.54. The number of carbonyl (C=O) groups is 1. The first-order valence-electron chi connectivity index (χ1n) is 11.4. The summed E-state index contributed by atoms with van der Waals surface area (Å²) in [5.41, 5.74) is 1.48. The zero-order chi connectivity index (χ0) is 24.6. The molecule has 0 spiro atoms. The minimum atomic E-state index is -4.43. The molecule has 1 saturated heterocycles. The van der Waals surface area contributed by atoms with Gasteiger partial charge < -0.3 is 19.9 Å². The lowest BCUT2D eigenvalue weighted by atomic mass is 9.82. The van der Waals surface area contributed by atoms with Crippen LogP contribution in [0.25, 0.3) is 0 Å². The van der Waals surface area contributed by atoms with E-state index in [0.717, 1.165) is 17.4 Å². The van der Waals surface area contributed by atoms with Gasteiger partial charge in [0.25, 0.3) is 0 Å². The van der Waals surface area contributed by atoms with Crippen molar-refractivity contribution in [3.8, 4) is 5.75 Å². The molecule has 5 nitrogen and oxygen atoms in total. The smallest absolute Gasteiger partial charge is 0.416 e. The summed E-state index contributed by atoms with van der Waals surface area (Å²) in [7, 11) is 1.60. The number of halogens is 4. The van der Waals surface area contributed by atoms with E-state index in [1.807, 2.05) is 26.0 Å². The lowest BCUT2D eigenvalue weighted by Crippen LogP contribution is -2.61. The maximum atomic E-state index is 13.4. The molecule has 1 N–H and O–H groups in total. The van der Waals surface area contributed by atoms with Gasteiger partial charge in [0.2, 0.25) is 5.91 Å². The van der Waals surface area contributed by atoms with Crippen molar-refractivity contribution in [2.75, 3.05) is 43.1 Å². The highest BCUT2D eigenvalue weighted by Gasteiger charge is 2.43. The molecule has 2 atom stereocenters. The van der Waals surface area contributed by atoms with Crippen molar-refractivity contribution in [3.63, 3.8) is 0 Å². The molecule has 0 aromatic heterocycles. The van der Waals surface area contributed by atoms with Gasteiger partial charge >= 0.3 is 6.18 Å². The van der Waals surface area contributed by atoms with Gasteiger partial charge in [0.15, 0.2) is 0 Å². The van der Waals surface area contributed by atoms with E-state index in [-0.39, 0.29) is 24.3 Å². The summed E-state index contributed by atoms with van der Waals surface area (Å²) in [4.78, 5) is 17.5. The van der Waals surface area contributed by atoms with E-state index >= 15 is 0 Å². The number of benzene rings is 2. The van der Waals surface area contributed by atoms with Crippen molar-refractivity contribution in [2.24, 2.45) is 11.8 Å². The molecule has 34 heavy (non-hydrogen) atoms. The Morgan fingerprint density at radius 2 is 1.94 bits per heavy atom. The molecule has 1 fully saturated rings. The number of amides is 1. The van der Waals surface area contributed by atoms with E-state index in [2.05, 4.69) is 15.1 Å². The average Bonchev–Trinajstić information content (AvgIpc) is 2.80. The fourth-order valence-electron chi connectivity index (χ4n) is 4.86. The number of nitrogens with one attached hydrogen (secondary N) is 1. The average molecular weight is 496 g/mol. The summed E-state index contributed by atoms with van der Waals surface area (Å²) in [5.74, 6) is 0.338. The zero-order valence-electron chi connectivity index (χ0n) is 19.5. The topological polar surface area (TPSA) is 44.8 Å². The minimum Gasteiger partial charge on any atom is -0.495 e. The fourth-order valence-corrected chi connectivity index (χ4v) is 5.03. The molecular formula is C25H29ClF3N3O2. The fraction of sp³-hybridized carbons (Fsp3) is 0.480. The highest BCUT2D eigenvalue weighted by molar-refractivity contribution is 6.31. The van der Waals surface area contributed by atoms with Gasteiger partial charge in [0, 0.05) is 36.9 Å². The maximum Gasteiger partial charge on any atom is 0.416 e. The van der Waals surface area contributed by atoms with E-state index in [4.69, 9.17) is 16.3 Å². The number of anilines is 2. The number of ether oxygens (including phenoxy) is 1. The van der Waals surface area contributed by atoms with Gasteiger partial charge in [-0.2, -0.15) is 13.2 Å². The third kappa shape index (κ3) is 4.92. The van der Waals surface area contributed by atoms with Crippen LogP contribution in [0.4, 0.5) is 24.5 Å². The van der Waals surface area contributed by atoms with E-state index in [9.17, 15) is 18.0 Å². The molecular weight excluding hydrogens is 467 g/mol. The van der Waals surface area contributed by atoms with Gasteiger partial charge in [-0.1, -0.05) is 25.4 Å². The third-order valence-corrected chi connectivity index (χ3v) is 6.78. The molecule has 0 saturated carbocycles. The number of carbonyl (C=O) groups excluding carboxylic acids is 1. The molecule has 4 rings (SSSR count). The van der Waals surface area contributed by atoms with Crippen molar-refractivity contribution in [2.45, 2.75) is 32.5 Å². The van der Waals surface area contributed by atoms with Crippen molar-refractivity contribution in [1.29, 1.82) is 0 Å². The van der Waals surface area contributed by atoms with Crippen molar-refractivity contribution >= 4 is 28.9 Å². The SMILES string of the molecule is COc1ccc(Cl)cc1N1CCN2c3ccc(C(F)(F)F)cc3C[C@@H](C(=O)NCC(C)C)[C@H]2C1. The van der Waals surface area contributed by atoms with Crippen LogP contribution in [0.2, 0.25) is 5.02 Å². The van der Waals surface area contributed by atoms with Crippen LogP contribution in [0.3, 0.4) is 0 Å². The van der Waals surface area contributed by atoms with Crippen LogP contribution in [0.1, 0.15) is 25.0 Å². The Labute approximate surface area is 202 Å². The molecule has 0 radical (unpaired) electrons. The van der Waals surface area contributed by atoms with Gasteiger partial charge in [-0.05, 0) is 54.3 Å². The Balaban J connectivity index is 1.69. The summed E-state index contributed by atoms with van der Waals surface area (Å²) in [6.07, 6.45) is -4.17. The Kier molecular flexibility index (Phi) is 6.90. The number of hydrogen-bond acceptors (Lipinski definition) is 4. The summed E-state index contributed by atoms with van der Waals surface area (Å²) in [6.45, 7) is 6.24. The Bertz CT molecular complexity index is 1060. The van der Waals surface area contributed by atoms with E-state index in [1.54, 1.807) is 19.2 Å². The molecule has 1 amide bonds. The minimum absolute atomic E-state index is 0.133. The first-order valence-corrected chi connectivity index (χ1v) is 11.8. The molecule has 2 aromatic rings. The van der Waals surface area contributed by atoms with Crippen LogP contribution in [-0.2, 0) is 17.4 Å². The largest absolute Gasteiger partial charge is 0.495 e. The highest BCUT2D eigenvalue weighted by atomic mass is 35.5. The summed E-state index contributed by atoms with van der Waals surface area (Å²) in [6, 6.07) is 9.08. The monoisotopic (exact) mass is 495 g/mol. The van der Waals surface area contributed by atoms with E-state index in [0.29, 0.717) is 42.5 Å². The standard InChI is InChI=1S/C25H29ClF3N3O2/c1-15(2)13-30-24(33)19-11-16-10-17(25(27,28)29)4-6-20(16)32-9-8-31(14-22(19)32)21-12-18(26)5-7-23(21)34-3/h4-7,10,12,15,19,22H,8-9,11,13-14H2,1-3H3,(H,30,33)/t19-,22-/m1/s1. The molecule has 2 heterocycles. The Morgan fingerprint density at radius 3 is 2.62 bits per heavy atom. The van der Waals surface area contributed by atoms with Gasteiger partial charge in [-0.25, -0.2) is 0 Å². The first-order chi connectivity index (χ1) is 16.1. The van der Waals surface area contributed by atoms with Crippen LogP contribution >= 0.6 is 11.6 Å². The second-order valence-electron chi connectivity index (χ2n) is 9.31. The Hall–Kier alpha value is -2.61. The summed E-state index contributed by atoms with van der Waals surface area (Å²) in [5, 5.41) is 3.58.